The fraction of sp³-hybridized carbons (Fsp3) is 0.545. The van der Waals surface area contributed by atoms with Gasteiger partial charge in [-0.1, -0.05) is 0 Å². The summed E-state index contributed by atoms with van der Waals surface area (Å²) in [5, 5.41) is 0. The maximum atomic E-state index is 11.5. The van der Waals surface area contributed by atoms with Crippen LogP contribution in [0, 0.1) is 27.7 Å². The molecular weight excluding hydrogens is 440 g/mol. The summed E-state index contributed by atoms with van der Waals surface area (Å²) in [6, 6.07) is 0. The standard InChI is InChI=1S/2C11H18N4O2/c2*1-7-8(2)12-10(14(3)4)13-9(7)17-11(16)15(5)6/h2*1-6H3. The number of rotatable bonds is 4. The molecule has 34 heavy (non-hydrogen) atoms. The van der Waals surface area contributed by atoms with Crippen molar-refractivity contribution in [1.82, 2.24) is 29.7 Å². The lowest BCUT2D eigenvalue weighted by atomic mass is 10.2. The number of hydrogen-bond donors (Lipinski definition) is 0. The van der Waals surface area contributed by atoms with Crippen LogP contribution in [0.25, 0.3) is 0 Å². The average Bonchev–Trinajstić information content (AvgIpc) is 2.74. The van der Waals surface area contributed by atoms with Gasteiger partial charge < -0.3 is 29.1 Å². The molecule has 0 aromatic carbocycles. The van der Waals surface area contributed by atoms with Crippen LogP contribution in [0.2, 0.25) is 0 Å². The number of amides is 2. The van der Waals surface area contributed by atoms with Crippen molar-refractivity contribution in [3.8, 4) is 11.8 Å². The highest BCUT2D eigenvalue weighted by atomic mass is 16.6. The Kier molecular flexibility index (Phi) is 9.96. The summed E-state index contributed by atoms with van der Waals surface area (Å²) < 4.78 is 10.4. The summed E-state index contributed by atoms with van der Waals surface area (Å²) >= 11 is 0. The zero-order valence-electron chi connectivity index (χ0n) is 22.2. The number of hydrogen-bond acceptors (Lipinski definition) is 10. The number of aromatic nitrogens is 4. The van der Waals surface area contributed by atoms with E-state index in [2.05, 4.69) is 19.9 Å². The van der Waals surface area contributed by atoms with Gasteiger partial charge in [0.1, 0.15) is 0 Å². The lowest BCUT2D eigenvalue weighted by Gasteiger charge is -2.16. The van der Waals surface area contributed by atoms with Crippen LogP contribution in [0.15, 0.2) is 0 Å². The van der Waals surface area contributed by atoms with Crippen molar-refractivity contribution in [2.24, 2.45) is 0 Å². The van der Waals surface area contributed by atoms with Crippen LogP contribution in [-0.4, -0.2) is 98.3 Å². The zero-order chi connectivity index (χ0) is 26.3. The molecule has 2 aromatic rings. The second-order valence-electron chi connectivity index (χ2n) is 8.39. The van der Waals surface area contributed by atoms with Gasteiger partial charge in [-0.25, -0.2) is 19.6 Å². The number of carbonyl (C=O) groups excluding carboxylic acids is 2. The smallest absolute Gasteiger partial charge is 0.391 e. The highest BCUT2D eigenvalue weighted by Crippen LogP contribution is 2.22. The molecule has 2 amide bonds. The zero-order valence-corrected chi connectivity index (χ0v) is 22.2. The van der Waals surface area contributed by atoms with E-state index in [9.17, 15) is 9.59 Å². The number of carbonyl (C=O) groups is 2. The lowest BCUT2D eigenvalue weighted by Crippen LogP contribution is -2.26. The fourth-order valence-electron chi connectivity index (χ4n) is 2.12. The summed E-state index contributed by atoms with van der Waals surface area (Å²) in [5.74, 6) is 1.66. The summed E-state index contributed by atoms with van der Waals surface area (Å²) in [4.78, 5) is 46.2. The highest BCUT2D eigenvalue weighted by Gasteiger charge is 2.16. The molecule has 0 saturated heterocycles. The maximum Gasteiger partial charge on any atom is 0.416 e. The van der Waals surface area contributed by atoms with Gasteiger partial charge in [-0.3, -0.25) is 0 Å². The summed E-state index contributed by atoms with van der Waals surface area (Å²) in [5.41, 5.74) is 3.13. The monoisotopic (exact) mass is 476 g/mol. The first-order chi connectivity index (χ1) is 15.6. The maximum absolute atomic E-state index is 11.5. The first-order valence-corrected chi connectivity index (χ1v) is 10.5. The number of ether oxygens (including phenoxy) is 2. The second kappa shape index (κ2) is 12.0. The average molecular weight is 477 g/mol. The molecule has 2 heterocycles. The molecule has 0 fully saturated rings. The molecule has 0 N–H and O–H groups in total. The van der Waals surface area contributed by atoms with Gasteiger partial charge in [0.25, 0.3) is 0 Å². The van der Waals surface area contributed by atoms with Crippen molar-refractivity contribution in [2.45, 2.75) is 27.7 Å². The Balaban J connectivity index is 0.000000340. The highest BCUT2D eigenvalue weighted by molar-refractivity contribution is 5.70. The van der Waals surface area contributed by atoms with Crippen LogP contribution < -0.4 is 19.3 Å². The molecule has 0 radical (unpaired) electrons. The van der Waals surface area contributed by atoms with Crippen LogP contribution in [0.4, 0.5) is 21.5 Å². The van der Waals surface area contributed by atoms with Crippen molar-refractivity contribution in [3.63, 3.8) is 0 Å². The molecule has 12 heteroatoms. The third kappa shape index (κ3) is 7.71. The van der Waals surface area contributed by atoms with Crippen LogP contribution in [0.1, 0.15) is 22.5 Å². The van der Waals surface area contributed by atoms with E-state index in [4.69, 9.17) is 9.47 Å². The van der Waals surface area contributed by atoms with E-state index in [1.54, 1.807) is 38.0 Å². The van der Waals surface area contributed by atoms with Gasteiger partial charge in [-0.2, -0.15) is 9.97 Å². The van der Waals surface area contributed by atoms with Gasteiger partial charge in [-0.05, 0) is 27.7 Å². The molecule has 0 spiro atoms. The molecular formula is C22H36N8O4. The van der Waals surface area contributed by atoms with Gasteiger partial charge in [0.15, 0.2) is 0 Å². The Morgan fingerprint density at radius 1 is 0.559 bits per heavy atom. The molecule has 0 aliphatic rings. The van der Waals surface area contributed by atoms with E-state index in [-0.39, 0.29) is 0 Å². The third-order valence-corrected chi connectivity index (χ3v) is 4.56. The number of aryl methyl sites for hydroxylation is 2. The van der Waals surface area contributed by atoms with Crippen molar-refractivity contribution >= 4 is 24.1 Å². The van der Waals surface area contributed by atoms with Crippen LogP contribution in [-0.2, 0) is 0 Å². The number of anilines is 2. The van der Waals surface area contributed by atoms with Crippen molar-refractivity contribution in [1.29, 1.82) is 0 Å². The SMILES string of the molecule is Cc1nc(N(C)C)nc(OC(=O)N(C)C)c1C.Cc1nc(N(C)C)nc(OC(=O)N(C)C)c1C. The van der Waals surface area contributed by atoms with Gasteiger partial charge in [0, 0.05) is 78.9 Å². The predicted octanol–water partition coefficient (Wildman–Crippen LogP) is 2.44. The third-order valence-electron chi connectivity index (χ3n) is 4.56. The molecule has 2 aromatic heterocycles. The Hall–Kier alpha value is -3.70. The molecule has 12 nitrogen and oxygen atoms in total. The molecule has 0 atom stereocenters. The minimum Gasteiger partial charge on any atom is -0.391 e. The molecule has 0 aliphatic heterocycles. The molecule has 0 unspecified atom stereocenters. The van der Waals surface area contributed by atoms with E-state index < -0.39 is 12.2 Å². The lowest BCUT2D eigenvalue weighted by molar-refractivity contribution is 0.168. The van der Waals surface area contributed by atoms with E-state index in [0.29, 0.717) is 23.7 Å². The van der Waals surface area contributed by atoms with E-state index in [1.807, 2.05) is 55.9 Å². The Bertz CT molecular complexity index is 941. The molecule has 0 bridgehead atoms. The van der Waals surface area contributed by atoms with E-state index in [0.717, 1.165) is 22.5 Å². The van der Waals surface area contributed by atoms with Gasteiger partial charge in [0.2, 0.25) is 23.7 Å². The topological polar surface area (TPSA) is 117 Å². The van der Waals surface area contributed by atoms with Crippen LogP contribution >= 0.6 is 0 Å². The summed E-state index contributed by atoms with van der Waals surface area (Å²) in [6.45, 7) is 7.37. The van der Waals surface area contributed by atoms with Crippen LogP contribution in [0.5, 0.6) is 11.8 Å². The molecule has 0 saturated carbocycles. The predicted molar refractivity (Wildman–Crippen MR) is 131 cm³/mol. The summed E-state index contributed by atoms with van der Waals surface area (Å²) in [6.07, 6.45) is -0.896. The normalized spacial score (nSPS) is 10.0. The van der Waals surface area contributed by atoms with Crippen LogP contribution in [0.3, 0.4) is 0 Å². The Morgan fingerprint density at radius 3 is 1.09 bits per heavy atom. The number of nitrogens with zero attached hydrogens (tertiary/aromatic N) is 8. The first kappa shape index (κ1) is 28.3. The molecule has 0 aliphatic carbocycles. The van der Waals surface area contributed by atoms with Crippen molar-refractivity contribution in [3.05, 3.63) is 22.5 Å². The summed E-state index contributed by atoms with van der Waals surface area (Å²) in [7, 11) is 13.8. The van der Waals surface area contributed by atoms with Crippen molar-refractivity contribution < 1.29 is 19.1 Å². The fourth-order valence-corrected chi connectivity index (χ4v) is 2.12. The van der Waals surface area contributed by atoms with E-state index in [1.165, 1.54) is 9.80 Å². The minimum absolute atomic E-state index is 0.305. The molecule has 188 valence electrons. The van der Waals surface area contributed by atoms with Gasteiger partial charge >= 0.3 is 12.2 Å². The Morgan fingerprint density at radius 2 is 0.853 bits per heavy atom. The Labute approximate surface area is 201 Å². The second-order valence-corrected chi connectivity index (χ2v) is 8.39. The quantitative estimate of drug-likeness (QED) is 0.651. The van der Waals surface area contributed by atoms with Gasteiger partial charge in [0.05, 0.1) is 0 Å². The van der Waals surface area contributed by atoms with Crippen molar-refractivity contribution in [2.75, 3.05) is 66.2 Å². The molecule has 2 rings (SSSR count). The van der Waals surface area contributed by atoms with E-state index >= 15 is 0 Å². The first-order valence-electron chi connectivity index (χ1n) is 10.5. The van der Waals surface area contributed by atoms with Gasteiger partial charge in [-0.15, -0.1) is 0 Å². The minimum atomic E-state index is -0.448. The largest absolute Gasteiger partial charge is 0.416 e.